The molecule has 6 nitrogen and oxygen atoms in total. The predicted molar refractivity (Wildman–Crippen MR) is 93.6 cm³/mol. The predicted octanol–water partition coefficient (Wildman–Crippen LogP) is 3.33. The number of thiazole rings is 1. The Balaban J connectivity index is 1.47. The van der Waals surface area contributed by atoms with Gasteiger partial charge in [0.05, 0.1) is 18.5 Å². The van der Waals surface area contributed by atoms with Gasteiger partial charge in [-0.2, -0.15) is 0 Å². The Morgan fingerprint density at radius 2 is 2.04 bits per heavy atom. The SMILES string of the molecule is O=C(Nc1nc2c(s1)CN(C(=O)c1ccc(F)cc1)CC2)c1ccco1. The summed E-state index contributed by atoms with van der Waals surface area (Å²) in [5.74, 6) is -0.668. The monoisotopic (exact) mass is 371 g/mol. The van der Waals surface area contributed by atoms with Crippen LogP contribution in [0.4, 0.5) is 9.52 Å². The largest absolute Gasteiger partial charge is 0.459 e. The first-order chi connectivity index (χ1) is 12.6. The summed E-state index contributed by atoms with van der Waals surface area (Å²) in [6.07, 6.45) is 2.04. The first-order valence-electron chi connectivity index (χ1n) is 7.98. The van der Waals surface area contributed by atoms with Crippen LogP contribution in [0, 0.1) is 5.82 Å². The van der Waals surface area contributed by atoms with Crippen molar-refractivity contribution in [3.8, 4) is 0 Å². The van der Waals surface area contributed by atoms with Crippen molar-refractivity contribution >= 4 is 28.3 Å². The lowest BCUT2D eigenvalue weighted by atomic mass is 10.1. The number of amides is 2. The maximum Gasteiger partial charge on any atom is 0.293 e. The molecule has 2 aromatic heterocycles. The first kappa shape index (κ1) is 16.5. The molecule has 0 saturated carbocycles. The van der Waals surface area contributed by atoms with Gasteiger partial charge in [0.25, 0.3) is 11.8 Å². The molecule has 1 aliphatic rings. The number of carbonyl (C=O) groups excluding carboxylic acids is 2. The van der Waals surface area contributed by atoms with Crippen molar-refractivity contribution < 1.29 is 18.4 Å². The van der Waals surface area contributed by atoms with Crippen LogP contribution >= 0.6 is 11.3 Å². The minimum Gasteiger partial charge on any atom is -0.459 e. The number of hydrogen-bond donors (Lipinski definition) is 1. The highest BCUT2D eigenvalue weighted by atomic mass is 32.1. The highest BCUT2D eigenvalue weighted by molar-refractivity contribution is 7.15. The molecule has 1 aromatic carbocycles. The Morgan fingerprint density at radius 3 is 2.77 bits per heavy atom. The Hall–Kier alpha value is -3.00. The standard InChI is InChI=1S/C18H14FN3O3S/c19-12-5-3-11(4-6-12)17(24)22-8-7-13-15(10-22)26-18(20-13)21-16(23)14-2-1-9-25-14/h1-6,9H,7-8,10H2,(H,20,21,23). The Morgan fingerprint density at radius 1 is 1.23 bits per heavy atom. The van der Waals surface area contributed by atoms with Crippen LogP contribution in [0.1, 0.15) is 31.5 Å². The van der Waals surface area contributed by atoms with Crippen LogP contribution < -0.4 is 5.32 Å². The van der Waals surface area contributed by atoms with Crippen molar-refractivity contribution in [2.75, 3.05) is 11.9 Å². The van der Waals surface area contributed by atoms with Crippen molar-refractivity contribution in [1.82, 2.24) is 9.88 Å². The molecule has 8 heteroatoms. The molecule has 1 aliphatic heterocycles. The highest BCUT2D eigenvalue weighted by Crippen LogP contribution is 2.29. The van der Waals surface area contributed by atoms with E-state index in [2.05, 4.69) is 10.3 Å². The van der Waals surface area contributed by atoms with Gasteiger partial charge < -0.3 is 9.32 Å². The van der Waals surface area contributed by atoms with Gasteiger partial charge in [0.1, 0.15) is 5.82 Å². The number of halogens is 1. The van der Waals surface area contributed by atoms with Crippen molar-refractivity contribution in [2.24, 2.45) is 0 Å². The lowest BCUT2D eigenvalue weighted by molar-refractivity contribution is 0.0736. The van der Waals surface area contributed by atoms with E-state index in [9.17, 15) is 14.0 Å². The van der Waals surface area contributed by atoms with E-state index < -0.39 is 0 Å². The minimum atomic E-state index is -0.373. The average molecular weight is 371 g/mol. The van der Waals surface area contributed by atoms with Gasteiger partial charge in [0, 0.05) is 23.4 Å². The van der Waals surface area contributed by atoms with Crippen molar-refractivity contribution in [2.45, 2.75) is 13.0 Å². The lowest BCUT2D eigenvalue weighted by Crippen LogP contribution is -2.35. The quantitative estimate of drug-likeness (QED) is 0.766. The molecule has 0 bridgehead atoms. The number of furan rings is 1. The second kappa shape index (κ2) is 6.72. The molecule has 0 saturated heterocycles. The normalized spacial score (nSPS) is 13.3. The summed E-state index contributed by atoms with van der Waals surface area (Å²) in [6, 6.07) is 8.73. The molecular formula is C18H14FN3O3S. The molecule has 0 spiro atoms. The molecular weight excluding hydrogens is 357 g/mol. The van der Waals surface area contributed by atoms with E-state index in [1.807, 2.05) is 0 Å². The van der Waals surface area contributed by atoms with Crippen molar-refractivity contribution in [3.63, 3.8) is 0 Å². The fraction of sp³-hybridized carbons (Fsp3) is 0.167. The Kier molecular flexibility index (Phi) is 4.26. The van der Waals surface area contributed by atoms with Crippen LogP contribution in [0.15, 0.2) is 47.1 Å². The molecule has 0 fully saturated rings. The minimum absolute atomic E-state index is 0.148. The Bertz CT molecular complexity index is 951. The van der Waals surface area contributed by atoms with E-state index in [1.54, 1.807) is 17.0 Å². The third kappa shape index (κ3) is 3.23. The number of nitrogens with zero attached hydrogens (tertiary/aromatic N) is 2. The van der Waals surface area contributed by atoms with Gasteiger partial charge in [0.2, 0.25) is 0 Å². The third-order valence-electron chi connectivity index (χ3n) is 4.08. The molecule has 26 heavy (non-hydrogen) atoms. The fourth-order valence-electron chi connectivity index (χ4n) is 2.76. The number of aromatic nitrogens is 1. The van der Waals surface area contributed by atoms with Gasteiger partial charge in [-0.1, -0.05) is 11.3 Å². The molecule has 2 amide bonds. The van der Waals surface area contributed by atoms with E-state index in [0.29, 0.717) is 30.2 Å². The van der Waals surface area contributed by atoms with Gasteiger partial charge in [-0.05, 0) is 36.4 Å². The average Bonchev–Trinajstić information content (AvgIpc) is 3.30. The first-order valence-corrected chi connectivity index (χ1v) is 8.80. The molecule has 0 aliphatic carbocycles. The summed E-state index contributed by atoms with van der Waals surface area (Å²) in [4.78, 5) is 31.7. The van der Waals surface area contributed by atoms with Gasteiger partial charge in [0.15, 0.2) is 10.9 Å². The maximum absolute atomic E-state index is 13.0. The fourth-order valence-corrected chi connectivity index (χ4v) is 3.78. The molecule has 0 atom stereocenters. The van der Waals surface area contributed by atoms with Crippen LogP contribution in [-0.4, -0.2) is 28.2 Å². The number of benzene rings is 1. The topological polar surface area (TPSA) is 75.4 Å². The van der Waals surface area contributed by atoms with Gasteiger partial charge in [-0.15, -0.1) is 0 Å². The zero-order valence-corrected chi connectivity index (χ0v) is 14.4. The second-order valence-electron chi connectivity index (χ2n) is 5.80. The smallest absolute Gasteiger partial charge is 0.293 e. The highest BCUT2D eigenvalue weighted by Gasteiger charge is 2.25. The number of hydrogen-bond acceptors (Lipinski definition) is 5. The van der Waals surface area contributed by atoms with Crippen molar-refractivity contribution in [1.29, 1.82) is 0 Å². The number of rotatable bonds is 3. The molecule has 1 N–H and O–H groups in total. The molecule has 132 valence electrons. The van der Waals surface area contributed by atoms with Crippen LogP contribution in [-0.2, 0) is 13.0 Å². The van der Waals surface area contributed by atoms with Crippen molar-refractivity contribution in [3.05, 3.63) is 70.4 Å². The Labute approximate surface area is 152 Å². The molecule has 0 radical (unpaired) electrons. The van der Waals surface area contributed by atoms with E-state index >= 15 is 0 Å². The third-order valence-corrected chi connectivity index (χ3v) is 5.07. The molecule has 3 aromatic rings. The maximum atomic E-state index is 13.0. The summed E-state index contributed by atoms with van der Waals surface area (Å²) in [5.41, 5.74) is 1.33. The van der Waals surface area contributed by atoms with E-state index in [4.69, 9.17) is 4.42 Å². The number of carbonyl (C=O) groups is 2. The zero-order valence-electron chi connectivity index (χ0n) is 13.6. The van der Waals surface area contributed by atoms with Gasteiger partial charge in [-0.3, -0.25) is 14.9 Å². The summed E-state index contributed by atoms with van der Waals surface area (Å²) in [7, 11) is 0. The van der Waals surface area contributed by atoms with Crippen LogP contribution in [0.2, 0.25) is 0 Å². The summed E-state index contributed by atoms with van der Waals surface area (Å²) in [5, 5.41) is 3.19. The second-order valence-corrected chi connectivity index (χ2v) is 6.89. The summed E-state index contributed by atoms with van der Waals surface area (Å²) in [6.45, 7) is 0.943. The molecule has 4 rings (SSSR count). The lowest BCUT2D eigenvalue weighted by Gasteiger charge is -2.26. The zero-order chi connectivity index (χ0) is 18.1. The van der Waals surface area contributed by atoms with Gasteiger partial charge >= 0.3 is 0 Å². The number of fused-ring (bicyclic) bond motifs is 1. The van der Waals surface area contributed by atoms with Crippen LogP contribution in [0.3, 0.4) is 0 Å². The van der Waals surface area contributed by atoms with Crippen LogP contribution in [0.25, 0.3) is 0 Å². The van der Waals surface area contributed by atoms with E-state index in [0.717, 1.165) is 10.6 Å². The van der Waals surface area contributed by atoms with Gasteiger partial charge in [-0.25, -0.2) is 9.37 Å². The molecule has 0 unspecified atom stereocenters. The summed E-state index contributed by atoms with van der Waals surface area (Å²) >= 11 is 1.34. The molecule has 3 heterocycles. The summed E-state index contributed by atoms with van der Waals surface area (Å²) < 4.78 is 18.1. The van der Waals surface area contributed by atoms with E-state index in [-0.39, 0.29) is 23.4 Å². The van der Waals surface area contributed by atoms with E-state index in [1.165, 1.54) is 41.9 Å². The van der Waals surface area contributed by atoms with Crippen LogP contribution in [0.5, 0.6) is 0 Å². The number of nitrogens with one attached hydrogen (secondary N) is 1. The number of anilines is 1.